The summed E-state index contributed by atoms with van der Waals surface area (Å²) in [5, 5.41) is 2.85. The predicted molar refractivity (Wildman–Crippen MR) is 133 cm³/mol. The third kappa shape index (κ3) is 5.18. The van der Waals surface area contributed by atoms with Gasteiger partial charge in [0.15, 0.2) is 15.9 Å². The SMILES string of the molecule is Cc1ccc2c(c1)O[C@H](C(=O)N[C@@H](C)c1ccc(S(C)(=O)=O)cc1)CN2S(=O)(=O)c1ccccc1. The molecule has 0 aliphatic carbocycles. The second kappa shape index (κ2) is 9.35. The lowest BCUT2D eigenvalue weighted by molar-refractivity contribution is -0.128. The van der Waals surface area contributed by atoms with Crippen LogP contribution in [0.1, 0.15) is 24.1 Å². The molecule has 1 N–H and O–H groups in total. The van der Waals surface area contributed by atoms with E-state index in [0.29, 0.717) is 17.0 Å². The Kier molecular flexibility index (Phi) is 6.61. The first-order chi connectivity index (χ1) is 16.5. The van der Waals surface area contributed by atoms with Gasteiger partial charge >= 0.3 is 0 Å². The molecule has 3 aromatic rings. The van der Waals surface area contributed by atoms with Gasteiger partial charge in [0.05, 0.1) is 28.1 Å². The van der Waals surface area contributed by atoms with Crippen molar-refractivity contribution in [3.63, 3.8) is 0 Å². The average molecular weight is 515 g/mol. The number of aryl methyl sites for hydroxylation is 1. The summed E-state index contributed by atoms with van der Waals surface area (Å²) >= 11 is 0. The highest BCUT2D eigenvalue weighted by Gasteiger charge is 2.38. The number of amides is 1. The molecule has 0 spiro atoms. The van der Waals surface area contributed by atoms with Crippen LogP contribution in [0.3, 0.4) is 0 Å². The lowest BCUT2D eigenvalue weighted by Gasteiger charge is -2.35. The molecule has 0 unspecified atom stereocenters. The highest BCUT2D eigenvalue weighted by Crippen LogP contribution is 2.37. The molecule has 10 heteroatoms. The van der Waals surface area contributed by atoms with Gasteiger partial charge in [0.1, 0.15) is 5.75 Å². The van der Waals surface area contributed by atoms with E-state index in [1.807, 2.05) is 6.92 Å². The molecule has 1 amide bonds. The van der Waals surface area contributed by atoms with Gasteiger partial charge in [-0.05, 0) is 61.4 Å². The zero-order chi connectivity index (χ0) is 25.4. The first-order valence-corrected chi connectivity index (χ1v) is 14.3. The number of ether oxygens (including phenoxy) is 1. The maximum atomic E-state index is 13.4. The third-order valence-corrected chi connectivity index (χ3v) is 8.70. The summed E-state index contributed by atoms with van der Waals surface area (Å²) in [6, 6.07) is 19.0. The standard InChI is InChI=1S/C25H26N2O6S2/c1-17-9-14-22-23(15-17)33-24(16-27(22)35(31,32)21-7-5-4-6-8-21)25(28)26-18(2)19-10-12-20(13-11-19)34(3,29)30/h4-15,18,24H,16H2,1-3H3,(H,26,28)/t18-,24-/m0/s1. The fraction of sp³-hybridized carbons (Fsp3) is 0.240. The van der Waals surface area contributed by atoms with Crippen LogP contribution in [0.2, 0.25) is 0 Å². The van der Waals surface area contributed by atoms with Crippen LogP contribution in [-0.4, -0.2) is 41.6 Å². The molecular formula is C25H26N2O6S2. The second-order valence-electron chi connectivity index (χ2n) is 8.50. The van der Waals surface area contributed by atoms with Crippen LogP contribution in [0.5, 0.6) is 5.75 Å². The van der Waals surface area contributed by atoms with E-state index in [1.165, 1.54) is 28.6 Å². The zero-order valence-electron chi connectivity index (χ0n) is 19.5. The van der Waals surface area contributed by atoms with Crippen molar-refractivity contribution in [2.75, 3.05) is 17.1 Å². The van der Waals surface area contributed by atoms with E-state index in [1.54, 1.807) is 55.5 Å². The van der Waals surface area contributed by atoms with Crippen LogP contribution in [0.25, 0.3) is 0 Å². The number of sulfonamides is 1. The number of rotatable bonds is 6. The molecule has 0 saturated carbocycles. The van der Waals surface area contributed by atoms with Gasteiger partial charge in [0.25, 0.3) is 15.9 Å². The molecule has 3 aromatic carbocycles. The number of hydrogen-bond acceptors (Lipinski definition) is 6. The summed E-state index contributed by atoms with van der Waals surface area (Å²) in [6.45, 7) is 3.41. The van der Waals surface area contributed by atoms with Crippen LogP contribution in [0.4, 0.5) is 5.69 Å². The van der Waals surface area contributed by atoms with Gasteiger partial charge in [-0.15, -0.1) is 0 Å². The largest absolute Gasteiger partial charge is 0.476 e. The minimum atomic E-state index is -3.94. The predicted octanol–water partition coefficient (Wildman–Crippen LogP) is 3.23. The van der Waals surface area contributed by atoms with Crippen molar-refractivity contribution in [3.05, 3.63) is 83.9 Å². The topological polar surface area (TPSA) is 110 Å². The van der Waals surface area contributed by atoms with Crippen LogP contribution in [0.15, 0.2) is 82.6 Å². The van der Waals surface area contributed by atoms with Crippen molar-refractivity contribution >= 4 is 31.5 Å². The maximum Gasteiger partial charge on any atom is 0.264 e. The molecule has 2 atom stereocenters. The van der Waals surface area contributed by atoms with Gasteiger partial charge in [-0.2, -0.15) is 0 Å². The molecule has 1 heterocycles. The molecule has 0 radical (unpaired) electrons. The number of nitrogens with one attached hydrogen (secondary N) is 1. The second-order valence-corrected chi connectivity index (χ2v) is 12.4. The summed E-state index contributed by atoms with van der Waals surface area (Å²) in [4.78, 5) is 13.5. The Morgan fingerprint density at radius 3 is 2.26 bits per heavy atom. The molecule has 1 aliphatic heterocycles. The number of carbonyl (C=O) groups is 1. The van der Waals surface area contributed by atoms with Crippen molar-refractivity contribution in [1.29, 1.82) is 0 Å². The Balaban J connectivity index is 1.60. The van der Waals surface area contributed by atoms with E-state index in [2.05, 4.69) is 5.32 Å². The summed E-state index contributed by atoms with van der Waals surface area (Å²) in [5.74, 6) is -0.175. The van der Waals surface area contributed by atoms with E-state index < -0.39 is 37.9 Å². The number of carbonyl (C=O) groups excluding carboxylic acids is 1. The van der Waals surface area contributed by atoms with E-state index in [0.717, 1.165) is 11.8 Å². The first-order valence-electron chi connectivity index (χ1n) is 10.9. The Bertz CT molecular complexity index is 1450. The van der Waals surface area contributed by atoms with Gasteiger partial charge in [0.2, 0.25) is 0 Å². The first kappa shape index (κ1) is 24.7. The lowest BCUT2D eigenvalue weighted by atomic mass is 10.1. The van der Waals surface area contributed by atoms with Gasteiger partial charge in [-0.25, -0.2) is 16.8 Å². The smallest absolute Gasteiger partial charge is 0.264 e. The van der Waals surface area contributed by atoms with Crippen molar-refractivity contribution in [2.45, 2.75) is 35.8 Å². The van der Waals surface area contributed by atoms with Gasteiger partial charge < -0.3 is 10.1 Å². The highest BCUT2D eigenvalue weighted by molar-refractivity contribution is 7.92. The Hall–Kier alpha value is -3.37. The normalized spacial score (nSPS) is 16.7. The molecule has 0 fully saturated rings. The number of nitrogens with zero attached hydrogens (tertiary/aromatic N) is 1. The number of hydrogen-bond donors (Lipinski definition) is 1. The molecule has 1 aliphatic rings. The molecule has 0 bridgehead atoms. The van der Waals surface area contributed by atoms with Crippen molar-refractivity contribution in [3.8, 4) is 5.75 Å². The molecule has 184 valence electrons. The number of benzene rings is 3. The summed E-state index contributed by atoms with van der Waals surface area (Å²) in [6.07, 6.45) is 0.0446. The van der Waals surface area contributed by atoms with E-state index in [-0.39, 0.29) is 16.3 Å². The molecule has 0 saturated heterocycles. The number of anilines is 1. The van der Waals surface area contributed by atoms with Crippen molar-refractivity contribution in [2.24, 2.45) is 0 Å². The lowest BCUT2D eigenvalue weighted by Crippen LogP contribution is -2.51. The minimum absolute atomic E-state index is 0.118. The number of sulfone groups is 1. The molecule has 0 aromatic heterocycles. The summed E-state index contributed by atoms with van der Waals surface area (Å²) < 4.78 is 57.4. The molecule has 4 rings (SSSR count). The Morgan fingerprint density at radius 1 is 0.971 bits per heavy atom. The van der Waals surface area contributed by atoms with E-state index >= 15 is 0 Å². The van der Waals surface area contributed by atoms with Crippen LogP contribution in [0, 0.1) is 6.92 Å². The third-order valence-electron chi connectivity index (χ3n) is 5.78. The number of fused-ring (bicyclic) bond motifs is 1. The van der Waals surface area contributed by atoms with Crippen LogP contribution >= 0.6 is 0 Å². The summed E-state index contributed by atoms with van der Waals surface area (Å²) in [5.41, 5.74) is 1.93. The highest BCUT2D eigenvalue weighted by atomic mass is 32.2. The molecule has 35 heavy (non-hydrogen) atoms. The quantitative estimate of drug-likeness (QED) is 0.541. The average Bonchev–Trinajstić information content (AvgIpc) is 2.83. The Morgan fingerprint density at radius 2 is 1.63 bits per heavy atom. The fourth-order valence-corrected chi connectivity index (χ4v) is 5.97. The molecule has 8 nitrogen and oxygen atoms in total. The molecular weight excluding hydrogens is 488 g/mol. The van der Waals surface area contributed by atoms with E-state index in [4.69, 9.17) is 4.74 Å². The van der Waals surface area contributed by atoms with Crippen molar-refractivity contribution in [1.82, 2.24) is 5.32 Å². The fourth-order valence-electron chi connectivity index (χ4n) is 3.84. The van der Waals surface area contributed by atoms with E-state index in [9.17, 15) is 21.6 Å². The van der Waals surface area contributed by atoms with Crippen LogP contribution < -0.4 is 14.4 Å². The zero-order valence-corrected chi connectivity index (χ0v) is 21.1. The van der Waals surface area contributed by atoms with Gasteiger partial charge in [-0.3, -0.25) is 9.10 Å². The Labute approximate surface area is 205 Å². The maximum absolute atomic E-state index is 13.4. The van der Waals surface area contributed by atoms with Crippen LogP contribution in [-0.2, 0) is 24.7 Å². The monoisotopic (exact) mass is 514 g/mol. The van der Waals surface area contributed by atoms with Crippen molar-refractivity contribution < 1.29 is 26.4 Å². The van der Waals surface area contributed by atoms with Gasteiger partial charge in [-0.1, -0.05) is 36.4 Å². The van der Waals surface area contributed by atoms with Gasteiger partial charge in [0, 0.05) is 6.26 Å². The summed E-state index contributed by atoms with van der Waals surface area (Å²) in [7, 11) is -7.27. The minimum Gasteiger partial charge on any atom is -0.476 e.